The second-order valence-corrected chi connectivity index (χ2v) is 43.2. The largest absolute Gasteiger partial charge is 0.457 e. The highest BCUT2D eigenvalue weighted by molar-refractivity contribution is 6.48. The SMILES string of the molecule is C=Cc1cc(/C=C\c2cc3c(cc2C)-c2ccc4c5c(Oc6ccc(C(C)(C)C)cc6)cc6c7c(cc(Oc8ccc(C(C)(C)C)cc8)c(c8ccc-3c2c48)c75)C(=O)N(c2c(C(C)C)cccc2C(C)C)C6=O)cc2c1-c1ccc3c4c(Oc5ccc(C(C)(C)C)cc5)cc5c6c(cc(Oc7ccc(C(C)(C)C)cc7)c(c7ccc-2c1c73)c64)C(=O)N(c1c(C(C)C)cccc1C(C)C)C5=O. The Morgan fingerprint density at radius 3 is 0.867 bits per heavy atom. The lowest BCUT2D eigenvalue weighted by Crippen LogP contribution is -2.42. The van der Waals surface area contributed by atoms with Crippen LogP contribution in [0.2, 0.25) is 0 Å². The highest BCUT2D eigenvalue weighted by atomic mass is 16.5. The molecule has 0 radical (unpaired) electrons. The van der Waals surface area contributed by atoms with E-state index in [2.05, 4.69) is 285 Å². The van der Waals surface area contributed by atoms with Crippen LogP contribution < -0.4 is 28.7 Å². The number of benzene rings is 18. The number of carbonyl (C=O) groups is 4. The Hall–Kier alpha value is -14.5. The summed E-state index contributed by atoms with van der Waals surface area (Å²) in [7, 11) is 0. The standard InChI is InChI=1S/C125H110N2O8/c1-23-70-57-69(58-94-86-50-53-90-107-91(55-54-87(103(70)94)105(86)107)113-102(135-79-46-38-75(39-47-79)125(20,21)22)63-98-109-97(62-101(112(90)115(109)113)134-78-44-36-74(37-45-78)124(17,18)19)120(130)127(121(98)131)117-82(66(6)7)28-25-29-83(117)67(8)9)30-31-71-59-93-85-49-52-89-106-88(51-48-84(104(85)106)92(93)56-68(71)10)110-99(132-76-40-32-72(33-41-76)122(11,12)13)60-95-108-96(61-100(111(89)114(108)110)133-77-42-34-73(35-43-77)123(14,15)16)119(129)126(118(95)128)116-80(64(2)3)26-24-27-81(116)65(4)5/h23-67H,1H2,2-22H3/b31-30-. The number of rotatable bonds is 17. The number of hydrogen-bond donors (Lipinski definition) is 0. The molecule has 2 aliphatic heterocycles. The first-order valence-electron chi connectivity index (χ1n) is 47.7. The highest BCUT2D eigenvalue weighted by Gasteiger charge is 2.45. The van der Waals surface area contributed by atoms with Gasteiger partial charge in [0.15, 0.2) is 0 Å². The van der Waals surface area contributed by atoms with E-state index in [1.54, 1.807) is 0 Å². The molecule has 0 N–H and O–H groups in total. The van der Waals surface area contributed by atoms with Crippen LogP contribution in [0.4, 0.5) is 11.4 Å². The van der Waals surface area contributed by atoms with Gasteiger partial charge < -0.3 is 18.9 Å². The minimum absolute atomic E-state index is 0.0149. The molecule has 22 rings (SSSR count). The first-order valence-corrected chi connectivity index (χ1v) is 47.7. The van der Waals surface area contributed by atoms with E-state index in [0.29, 0.717) is 95.8 Å². The average Bonchev–Trinajstić information content (AvgIpc) is 1.66. The summed E-state index contributed by atoms with van der Waals surface area (Å²) < 4.78 is 29.5. The summed E-state index contributed by atoms with van der Waals surface area (Å²) in [6.45, 7) is 50.0. The fourth-order valence-electron chi connectivity index (χ4n) is 22.2. The second kappa shape index (κ2) is 30.5. The lowest BCUT2D eigenvalue weighted by atomic mass is 9.82. The molecule has 18 aromatic carbocycles. The van der Waals surface area contributed by atoms with Crippen molar-refractivity contribution in [2.45, 2.75) is 191 Å². The van der Waals surface area contributed by atoms with Gasteiger partial charge in [0.1, 0.15) is 46.0 Å². The maximum atomic E-state index is 16.3. The summed E-state index contributed by atoms with van der Waals surface area (Å²) in [6, 6.07) is 80.0. The number of imide groups is 2. The molecule has 0 atom stereocenters. The lowest BCUT2D eigenvalue weighted by Gasteiger charge is -2.33. The molecule has 0 unspecified atom stereocenters. The van der Waals surface area contributed by atoms with Gasteiger partial charge in [-0.05, 0) is 298 Å². The van der Waals surface area contributed by atoms with Crippen molar-refractivity contribution in [2.24, 2.45) is 0 Å². The molecule has 18 aromatic rings. The van der Waals surface area contributed by atoms with Crippen LogP contribution in [0.1, 0.15) is 270 Å². The van der Waals surface area contributed by atoms with E-state index in [9.17, 15) is 0 Å². The Bertz CT molecular complexity index is 7950. The van der Waals surface area contributed by atoms with Crippen molar-refractivity contribution < 1.29 is 38.1 Å². The van der Waals surface area contributed by atoms with Crippen LogP contribution in [0.5, 0.6) is 46.0 Å². The topological polar surface area (TPSA) is 112 Å². The van der Waals surface area contributed by atoms with E-state index in [1.807, 2.05) is 115 Å². The van der Waals surface area contributed by atoms with Crippen molar-refractivity contribution in [3.05, 3.63) is 326 Å². The highest BCUT2D eigenvalue weighted by Crippen LogP contribution is 2.62. The molecule has 4 amide bonds. The molecule has 0 saturated heterocycles. The van der Waals surface area contributed by atoms with E-state index in [4.69, 9.17) is 18.9 Å². The molecule has 0 spiro atoms. The van der Waals surface area contributed by atoms with Gasteiger partial charge in [0, 0.05) is 43.1 Å². The average molecular weight is 1770 g/mol. The third-order valence-electron chi connectivity index (χ3n) is 29.1. The molecule has 2 aliphatic carbocycles. The third-order valence-corrected chi connectivity index (χ3v) is 29.1. The van der Waals surface area contributed by atoms with E-state index in [-0.39, 0.29) is 45.3 Å². The monoisotopic (exact) mass is 1770 g/mol. The van der Waals surface area contributed by atoms with Crippen LogP contribution in [0, 0.1) is 6.92 Å². The maximum absolute atomic E-state index is 16.3. The lowest BCUT2D eigenvalue weighted by molar-refractivity contribution is 0.0877. The Morgan fingerprint density at radius 2 is 0.563 bits per heavy atom. The summed E-state index contributed by atoms with van der Waals surface area (Å²) in [4.78, 5) is 67.9. The zero-order valence-corrected chi connectivity index (χ0v) is 80.8. The molecular formula is C125H110N2O8. The molecule has 0 fully saturated rings. The Labute approximate surface area is 789 Å². The number of amides is 4. The van der Waals surface area contributed by atoms with Gasteiger partial charge in [-0.3, -0.25) is 19.2 Å². The molecule has 135 heavy (non-hydrogen) atoms. The first kappa shape index (κ1) is 86.0. The van der Waals surface area contributed by atoms with Gasteiger partial charge in [0.05, 0.1) is 33.6 Å². The van der Waals surface area contributed by atoms with E-state index in [1.165, 1.54) is 9.80 Å². The fourth-order valence-corrected chi connectivity index (χ4v) is 22.2. The predicted molar refractivity (Wildman–Crippen MR) is 560 cm³/mol. The number of para-hydroxylation sites is 2. The van der Waals surface area contributed by atoms with Crippen molar-refractivity contribution in [1.82, 2.24) is 0 Å². The second-order valence-electron chi connectivity index (χ2n) is 43.2. The molecule has 668 valence electrons. The number of hydrogen-bond acceptors (Lipinski definition) is 8. The van der Waals surface area contributed by atoms with Gasteiger partial charge in [-0.15, -0.1) is 0 Å². The minimum Gasteiger partial charge on any atom is -0.457 e. The molecular weight excluding hydrogens is 1660 g/mol. The Kier molecular flexibility index (Phi) is 19.4. The molecule has 10 nitrogen and oxygen atoms in total. The van der Waals surface area contributed by atoms with Crippen LogP contribution in [-0.4, -0.2) is 23.6 Å². The number of anilines is 2. The maximum Gasteiger partial charge on any atom is 0.266 e. The van der Waals surface area contributed by atoms with E-state index in [0.717, 1.165) is 181 Å². The summed E-state index contributed by atoms with van der Waals surface area (Å²) in [5.41, 5.74) is 23.3. The summed E-state index contributed by atoms with van der Waals surface area (Å²) in [5, 5.41) is 13.5. The molecule has 0 bridgehead atoms. The van der Waals surface area contributed by atoms with Gasteiger partial charge in [-0.1, -0.05) is 303 Å². The van der Waals surface area contributed by atoms with Crippen molar-refractivity contribution in [3.63, 3.8) is 0 Å². The third kappa shape index (κ3) is 13.3. The summed E-state index contributed by atoms with van der Waals surface area (Å²) >= 11 is 0. The summed E-state index contributed by atoms with van der Waals surface area (Å²) in [6.07, 6.45) is 6.45. The first-order chi connectivity index (χ1) is 64.3. The number of ether oxygens (including phenoxy) is 4. The number of fused-ring (bicyclic) bond motifs is 10. The number of nitrogens with zero attached hydrogens (tertiary/aromatic N) is 2. The Balaban J connectivity index is 0.711. The molecule has 2 heterocycles. The molecule has 4 aliphatic rings. The van der Waals surface area contributed by atoms with Crippen LogP contribution >= 0.6 is 0 Å². The van der Waals surface area contributed by atoms with Gasteiger partial charge >= 0.3 is 0 Å². The van der Waals surface area contributed by atoms with Crippen molar-refractivity contribution in [3.8, 4) is 90.5 Å². The molecule has 0 aromatic heterocycles. The van der Waals surface area contributed by atoms with Gasteiger partial charge in [-0.25, -0.2) is 9.80 Å². The minimum atomic E-state index is -0.416. The zero-order chi connectivity index (χ0) is 94.5. The van der Waals surface area contributed by atoms with Crippen molar-refractivity contribution in [2.75, 3.05) is 9.80 Å². The van der Waals surface area contributed by atoms with E-state index >= 15 is 19.2 Å². The fraction of sp³-hybridized carbons (Fsp3) is 0.232. The van der Waals surface area contributed by atoms with Gasteiger partial charge in [0.25, 0.3) is 23.6 Å². The Morgan fingerprint density at radius 1 is 0.274 bits per heavy atom. The van der Waals surface area contributed by atoms with Gasteiger partial charge in [0.2, 0.25) is 0 Å². The smallest absolute Gasteiger partial charge is 0.266 e. The predicted octanol–water partition coefficient (Wildman–Crippen LogP) is 34.7. The molecule has 0 saturated carbocycles. The van der Waals surface area contributed by atoms with E-state index < -0.39 is 23.6 Å². The quantitative estimate of drug-likeness (QED) is 0.0384. The normalized spacial score (nSPS) is 13.8. The zero-order valence-electron chi connectivity index (χ0n) is 80.8. The van der Waals surface area contributed by atoms with Crippen LogP contribution in [0.3, 0.4) is 0 Å². The van der Waals surface area contributed by atoms with Crippen LogP contribution in [0.15, 0.2) is 237 Å². The van der Waals surface area contributed by atoms with Crippen LogP contribution in [-0.2, 0) is 21.7 Å². The molecule has 10 heteroatoms. The number of carbonyl (C=O) groups excluding carboxylic acids is 4. The van der Waals surface area contributed by atoms with Gasteiger partial charge in [-0.2, -0.15) is 0 Å². The summed E-state index contributed by atoms with van der Waals surface area (Å²) in [5.74, 6) is 2.64. The van der Waals surface area contributed by atoms with Crippen molar-refractivity contribution in [1.29, 1.82) is 0 Å². The number of aryl methyl sites for hydroxylation is 1. The van der Waals surface area contributed by atoms with Crippen LogP contribution in [0.25, 0.3) is 149 Å². The van der Waals surface area contributed by atoms with Crippen molar-refractivity contribution >= 4 is 139 Å².